The van der Waals surface area contributed by atoms with Crippen LogP contribution in [0.5, 0.6) is 5.75 Å². The molecule has 2 amide bonds. The summed E-state index contributed by atoms with van der Waals surface area (Å²) in [4.78, 5) is 25.3. The molecule has 0 bridgehead atoms. The van der Waals surface area contributed by atoms with Gasteiger partial charge in [0.1, 0.15) is 5.75 Å². The number of piperidine rings is 1. The Morgan fingerprint density at radius 3 is 2.90 bits per heavy atom. The number of anilines is 1. The van der Waals surface area contributed by atoms with Gasteiger partial charge in [0.25, 0.3) is 0 Å². The second-order valence-corrected chi connectivity index (χ2v) is 4.75. The predicted octanol–water partition coefficient (Wildman–Crippen LogP) is 2.04. The first kappa shape index (κ1) is 14.4. The highest BCUT2D eigenvalue weighted by Gasteiger charge is 2.20. The van der Waals surface area contributed by atoms with E-state index in [9.17, 15) is 9.59 Å². The molecule has 1 aromatic rings. The van der Waals surface area contributed by atoms with Gasteiger partial charge in [0.2, 0.25) is 11.8 Å². The van der Waals surface area contributed by atoms with Crippen LogP contribution < -0.4 is 10.1 Å². The van der Waals surface area contributed by atoms with Gasteiger partial charge in [-0.1, -0.05) is 12.1 Å². The normalized spacial score (nSPS) is 15.1. The highest BCUT2D eigenvalue weighted by molar-refractivity contribution is 5.95. The van der Waals surface area contributed by atoms with E-state index in [-0.39, 0.29) is 18.4 Å². The number of carbonyl (C=O) groups is 2. The van der Waals surface area contributed by atoms with E-state index in [1.54, 1.807) is 11.0 Å². The van der Waals surface area contributed by atoms with Gasteiger partial charge in [-0.25, -0.2) is 0 Å². The summed E-state index contributed by atoms with van der Waals surface area (Å²) >= 11 is 0. The Balaban J connectivity index is 1.95. The summed E-state index contributed by atoms with van der Waals surface area (Å²) in [6.07, 6.45) is 2.43. The number of carbonyl (C=O) groups excluding carboxylic acids is 2. The fourth-order valence-electron chi connectivity index (χ4n) is 2.24. The van der Waals surface area contributed by atoms with Crippen LogP contribution in [0.2, 0.25) is 0 Å². The van der Waals surface area contributed by atoms with Crippen LogP contribution in [0.4, 0.5) is 5.69 Å². The van der Waals surface area contributed by atoms with Crippen LogP contribution >= 0.6 is 0 Å². The lowest BCUT2D eigenvalue weighted by atomic mass is 10.1. The van der Waals surface area contributed by atoms with Crippen LogP contribution in [0.1, 0.15) is 26.2 Å². The lowest BCUT2D eigenvalue weighted by Crippen LogP contribution is -2.40. The molecule has 1 saturated heterocycles. The SMILES string of the molecule is CCOc1ccccc1NC(=O)CN1CCCCC1=O. The van der Waals surface area contributed by atoms with Gasteiger partial charge in [0.05, 0.1) is 18.8 Å². The second-order valence-electron chi connectivity index (χ2n) is 4.75. The smallest absolute Gasteiger partial charge is 0.244 e. The van der Waals surface area contributed by atoms with E-state index in [0.29, 0.717) is 31.0 Å². The van der Waals surface area contributed by atoms with Crippen LogP contribution in [0.15, 0.2) is 24.3 Å². The van der Waals surface area contributed by atoms with Crippen molar-refractivity contribution in [1.82, 2.24) is 4.90 Å². The minimum absolute atomic E-state index is 0.0597. The second kappa shape index (κ2) is 6.93. The molecule has 5 nitrogen and oxygen atoms in total. The first-order valence-electron chi connectivity index (χ1n) is 7.00. The maximum absolute atomic E-state index is 12.0. The first-order chi connectivity index (χ1) is 9.70. The highest BCUT2D eigenvalue weighted by Crippen LogP contribution is 2.23. The molecule has 1 aromatic carbocycles. The fourth-order valence-corrected chi connectivity index (χ4v) is 2.24. The minimum atomic E-state index is -0.188. The first-order valence-corrected chi connectivity index (χ1v) is 7.00. The summed E-state index contributed by atoms with van der Waals surface area (Å²) in [6, 6.07) is 7.30. The molecule has 0 atom stereocenters. The van der Waals surface area contributed by atoms with Crippen molar-refractivity contribution in [3.05, 3.63) is 24.3 Å². The number of ether oxygens (including phenoxy) is 1. The number of amides is 2. The van der Waals surface area contributed by atoms with Crippen molar-refractivity contribution in [3.8, 4) is 5.75 Å². The molecule has 0 unspecified atom stereocenters. The summed E-state index contributed by atoms with van der Waals surface area (Å²) in [6.45, 7) is 3.21. The molecule has 0 aliphatic carbocycles. The zero-order valence-electron chi connectivity index (χ0n) is 11.7. The van der Waals surface area contributed by atoms with Gasteiger partial charge in [0.15, 0.2) is 0 Å². The Hall–Kier alpha value is -2.04. The number of hydrogen-bond donors (Lipinski definition) is 1. The Kier molecular flexibility index (Phi) is 4.98. The van der Waals surface area contributed by atoms with E-state index >= 15 is 0 Å². The monoisotopic (exact) mass is 276 g/mol. The Morgan fingerprint density at radius 1 is 1.35 bits per heavy atom. The molecular formula is C15H20N2O3. The molecule has 2 rings (SSSR count). The average Bonchev–Trinajstić information content (AvgIpc) is 2.44. The fraction of sp³-hybridized carbons (Fsp3) is 0.467. The number of benzene rings is 1. The summed E-state index contributed by atoms with van der Waals surface area (Å²) in [5.74, 6) is 0.519. The molecule has 1 aliphatic rings. The van der Waals surface area contributed by atoms with Crippen molar-refractivity contribution in [3.63, 3.8) is 0 Å². The van der Waals surface area contributed by atoms with Gasteiger partial charge in [-0.15, -0.1) is 0 Å². The third-order valence-electron chi connectivity index (χ3n) is 3.22. The number of nitrogens with one attached hydrogen (secondary N) is 1. The molecule has 0 saturated carbocycles. The molecule has 0 spiro atoms. The van der Waals surface area contributed by atoms with Gasteiger partial charge < -0.3 is 15.0 Å². The summed E-state index contributed by atoms with van der Waals surface area (Å²) in [5.41, 5.74) is 0.642. The van der Waals surface area contributed by atoms with E-state index < -0.39 is 0 Å². The van der Waals surface area contributed by atoms with Crippen molar-refractivity contribution in [1.29, 1.82) is 0 Å². The number of nitrogens with zero attached hydrogens (tertiary/aromatic N) is 1. The van der Waals surface area contributed by atoms with Crippen LogP contribution in [-0.2, 0) is 9.59 Å². The lowest BCUT2D eigenvalue weighted by molar-refractivity contribution is -0.136. The standard InChI is InChI=1S/C15H20N2O3/c1-2-20-13-8-4-3-7-12(13)16-14(18)11-17-10-6-5-9-15(17)19/h3-4,7-8H,2,5-6,9-11H2,1H3,(H,16,18). The Bertz CT molecular complexity index is 488. The summed E-state index contributed by atoms with van der Waals surface area (Å²) in [7, 11) is 0. The minimum Gasteiger partial charge on any atom is -0.492 e. The topological polar surface area (TPSA) is 58.6 Å². The molecule has 0 aromatic heterocycles. The maximum atomic E-state index is 12.0. The van der Waals surface area contributed by atoms with Gasteiger partial charge >= 0.3 is 0 Å². The van der Waals surface area contributed by atoms with Crippen molar-refractivity contribution < 1.29 is 14.3 Å². The van der Waals surface area contributed by atoms with Crippen molar-refractivity contribution >= 4 is 17.5 Å². The van der Waals surface area contributed by atoms with Gasteiger partial charge in [-0.05, 0) is 31.9 Å². The Morgan fingerprint density at radius 2 is 2.15 bits per heavy atom. The van der Waals surface area contributed by atoms with Crippen LogP contribution in [-0.4, -0.2) is 36.4 Å². The molecule has 0 radical (unpaired) electrons. The molecule has 1 fully saturated rings. The zero-order chi connectivity index (χ0) is 14.4. The maximum Gasteiger partial charge on any atom is 0.244 e. The van der Waals surface area contributed by atoms with Gasteiger partial charge in [-0.2, -0.15) is 0 Å². The van der Waals surface area contributed by atoms with Crippen molar-refractivity contribution in [2.45, 2.75) is 26.2 Å². The average molecular weight is 276 g/mol. The van der Waals surface area contributed by atoms with E-state index in [1.807, 2.05) is 25.1 Å². The molecule has 1 heterocycles. The molecule has 20 heavy (non-hydrogen) atoms. The number of rotatable bonds is 5. The lowest BCUT2D eigenvalue weighted by Gasteiger charge is -2.26. The zero-order valence-corrected chi connectivity index (χ0v) is 11.7. The highest BCUT2D eigenvalue weighted by atomic mass is 16.5. The van der Waals surface area contributed by atoms with E-state index in [0.717, 1.165) is 12.8 Å². The molecule has 5 heteroatoms. The molecular weight excluding hydrogens is 256 g/mol. The molecule has 108 valence electrons. The van der Waals surface area contributed by atoms with Crippen LogP contribution in [0.3, 0.4) is 0 Å². The van der Waals surface area contributed by atoms with E-state index in [2.05, 4.69) is 5.32 Å². The van der Waals surface area contributed by atoms with Crippen LogP contribution in [0, 0.1) is 0 Å². The summed E-state index contributed by atoms with van der Waals surface area (Å²) < 4.78 is 5.45. The van der Waals surface area contributed by atoms with Crippen molar-refractivity contribution in [2.75, 3.05) is 25.0 Å². The largest absolute Gasteiger partial charge is 0.492 e. The molecule has 1 N–H and O–H groups in total. The summed E-state index contributed by atoms with van der Waals surface area (Å²) in [5, 5.41) is 2.81. The van der Waals surface area contributed by atoms with E-state index in [4.69, 9.17) is 4.74 Å². The molecule has 1 aliphatic heterocycles. The van der Waals surface area contributed by atoms with Gasteiger partial charge in [-0.3, -0.25) is 9.59 Å². The van der Waals surface area contributed by atoms with E-state index in [1.165, 1.54) is 0 Å². The number of hydrogen-bond acceptors (Lipinski definition) is 3. The van der Waals surface area contributed by atoms with Crippen molar-refractivity contribution in [2.24, 2.45) is 0 Å². The Labute approximate surface area is 118 Å². The van der Waals surface area contributed by atoms with Crippen LogP contribution in [0.25, 0.3) is 0 Å². The quantitative estimate of drug-likeness (QED) is 0.895. The predicted molar refractivity (Wildman–Crippen MR) is 76.7 cm³/mol. The van der Waals surface area contributed by atoms with Gasteiger partial charge in [0, 0.05) is 13.0 Å². The third kappa shape index (κ3) is 3.73. The number of likely N-dealkylation sites (tertiary alicyclic amines) is 1. The third-order valence-corrected chi connectivity index (χ3v) is 3.22. The number of para-hydroxylation sites is 2.